The Morgan fingerprint density at radius 1 is 1.52 bits per heavy atom. The van der Waals surface area contributed by atoms with Crippen LogP contribution in [0.15, 0.2) is 18.2 Å². The number of nitrogens with one attached hydrogen (secondary N) is 2. The first-order chi connectivity index (χ1) is 9.99. The summed E-state index contributed by atoms with van der Waals surface area (Å²) in [6.45, 7) is -1.10. The Labute approximate surface area is 123 Å². The Balaban J connectivity index is 2.09. The van der Waals surface area contributed by atoms with E-state index in [2.05, 4.69) is 25.2 Å². The van der Waals surface area contributed by atoms with Crippen molar-refractivity contribution in [1.29, 1.82) is 0 Å². The molecule has 2 rings (SSSR count). The molecular formula is C12H11ClF2N4O2. The Bertz CT molecular complexity index is 648. The van der Waals surface area contributed by atoms with E-state index in [1.807, 2.05) is 6.92 Å². The van der Waals surface area contributed by atoms with Gasteiger partial charge in [-0.15, -0.1) is 5.10 Å². The van der Waals surface area contributed by atoms with Gasteiger partial charge in [0.2, 0.25) is 5.82 Å². The fourth-order valence-corrected chi connectivity index (χ4v) is 1.74. The van der Waals surface area contributed by atoms with Crippen LogP contribution in [0.5, 0.6) is 5.75 Å². The van der Waals surface area contributed by atoms with Crippen LogP contribution in [-0.2, 0) is 6.42 Å². The third-order valence-electron chi connectivity index (χ3n) is 2.48. The van der Waals surface area contributed by atoms with E-state index in [1.165, 1.54) is 18.2 Å². The maximum atomic E-state index is 12.1. The molecule has 0 radical (unpaired) electrons. The highest BCUT2D eigenvalue weighted by atomic mass is 35.5. The number of H-pyrrole nitrogens is 1. The highest BCUT2D eigenvalue weighted by molar-refractivity contribution is 6.32. The van der Waals surface area contributed by atoms with Crippen LogP contribution in [0.4, 0.5) is 14.5 Å². The number of nitrogens with zero attached hydrogens (tertiary/aromatic N) is 2. The van der Waals surface area contributed by atoms with Gasteiger partial charge in [0.1, 0.15) is 11.6 Å². The average molecular weight is 317 g/mol. The molecule has 112 valence electrons. The van der Waals surface area contributed by atoms with E-state index in [0.29, 0.717) is 17.9 Å². The fourth-order valence-electron chi connectivity index (χ4n) is 1.51. The van der Waals surface area contributed by atoms with Crippen LogP contribution in [0.2, 0.25) is 5.02 Å². The maximum absolute atomic E-state index is 12.1. The van der Waals surface area contributed by atoms with Crippen LogP contribution in [0.1, 0.15) is 23.4 Å². The minimum Gasteiger partial charge on any atom is -0.433 e. The van der Waals surface area contributed by atoms with Gasteiger partial charge in [0.15, 0.2) is 0 Å². The zero-order chi connectivity index (χ0) is 15.4. The van der Waals surface area contributed by atoms with E-state index >= 15 is 0 Å². The lowest BCUT2D eigenvalue weighted by Crippen LogP contribution is -2.14. The molecule has 1 amide bonds. The molecule has 1 aromatic carbocycles. The van der Waals surface area contributed by atoms with E-state index in [0.717, 1.165) is 0 Å². The number of ether oxygens (including phenoxy) is 1. The molecule has 0 saturated carbocycles. The van der Waals surface area contributed by atoms with Gasteiger partial charge in [-0.3, -0.25) is 9.89 Å². The SMILES string of the molecule is CCc1nc(C(=O)Nc2ccc(OC(F)F)c(Cl)c2)n[nH]1. The van der Waals surface area contributed by atoms with Gasteiger partial charge in [0, 0.05) is 12.1 Å². The molecule has 0 saturated heterocycles. The Kier molecular flexibility index (Phi) is 4.69. The molecule has 1 heterocycles. The third-order valence-corrected chi connectivity index (χ3v) is 2.77. The van der Waals surface area contributed by atoms with Crippen molar-refractivity contribution < 1.29 is 18.3 Å². The Morgan fingerprint density at radius 3 is 2.86 bits per heavy atom. The van der Waals surface area contributed by atoms with Gasteiger partial charge in [-0.1, -0.05) is 18.5 Å². The van der Waals surface area contributed by atoms with Crippen LogP contribution in [0, 0.1) is 0 Å². The first kappa shape index (κ1) is 15.2. The summed E-state index contributed by atoms with van der Waals surface area (Å²) in [7, 11) is 0. The van der Waals surface area contributed by atoms with E-state index < -0.39 is 12.5 Å². The number of rotatable bonds is 5. The number of benzene rings is 1. The molecule has 0 bridgehead atoms. The van der Waals surface area contributed by atoms with Crippen LogP contribution >= 0.6 is 11.6 Å². The minimum atomic E-state index is -2.97. The monoisotopic (exact) mass is 316 g/mol. The molecule has 0 atom stereocenters. The van der Waals surface area contributed by atoms with Gasteiger partial charge in [0.05, 0.1) is 5.02 Å². The molecule has 0 fully saturated rings. The summed E-state index contributed by atoms with van der Waals surface area (Å²) in [5.74, 6) is -0.143. The van der Waals surface area contributed by atoms with E-state index in [-0.39, 0.29) is 16.6 Å². The lowest BCUT2D eigenvalue weighted by Gasteiger charge is -2.08. The van der Waals surface area contributed by atoms with Gasteiger partial charge in [-0.05, 0) is 18.2 Å². The standard InChI is InChI=1S/C12H11ClF2N4O2/c1-2-9-17-10(19-18-9)11(20)16-6-3-4-8(7(13)5-6)21-12(14)15/h3-5,12H,2H2,1H3,(H,16,20)(H,17,18,19). The van der Waals surface area contributed by atoms with E-state index in [1.54, 1.807) is 0 Å². The summed E-state index contributed by atoms with van der Waals surface area (Å²) in [4.78, 5) is 15.8. The second-order valence-corrected chi connectivity index (χ2v) is 4.34. The molecule has 0 aliphatic heterocycles. The summed E-state index contributed by atoms with van der Waals surface area (Å²) in [5.41, 5.74) is 0.314. The van der Waals surface area contributed by atoms with Crippen molar-refractivity contribution in [3.05, 3.63) is 34.9 Å². The number of halogens is 3. The summed E-state index contributed by atoms with van der Waals surface area (Å²) < 4.78 is 28.4. The molecule has 0 aliphatic carbocycles. The van der Waals surface area contributed by atoms with Crippen molar-refractivity contribution >= 4 is 23.2 Å². The van der Waals surface area contributed by atoms with E-state index in [9.17, 15) is 13.6 Å². The number of carbonyl (C=O) groups is 1. The number of anilines is 1. The molecule has 2 aromatic rings. The number of aromatic nitrogens is 3. The summed E-state index contributed by atoms with van der Waals surface area (Å²) in [6, 6.07) is 3.92. The topological polar surface area (TPSA) is 79.9 Å². The molecule has 1 aromatic heterocycles. The number of aryl methyl sites for hydroxylation is 1. The van der Waals surface area contributed by atoms with Crippen LogP contribution in [0.25, 0.3) is 0 Å². The first-order valence-electron chi connectivity index (χ1n) is 5.96. The summed E-state index contributed by atoms with van der Waals surface area (Å²) in [6.07, 6.45) is 0.617. The zero-order valence-corrected chi connectivity index (χ0v) is 11.6. The van der Waals surface area contributed by atoms with Crippen LogP contribution in [-0.4, -0.2) is 27.7 Å². The van der Waals surface area contributed by atoms with Crippen molar-refractivity contribution in [2.45, 2.75) is 20.0 Å². The average Bonchev–Trinajstić information content (AvgIpc) is 2.90. The van der Waals surface area contributed by atoms with Crippen molar-refractivity contribution in [1.82, 2.24) is 15.2 Å². The normalized spacial score (nSPS) is 10.7. The van der Waals surface area contributed by atoms with Gasteiger partial charge < -0.3 is 10.1 Å². The number of carbonyl (C=O) groups excluding carboxylic acids is 1. The smallest absolute Gasteiger partial charge is 0.387 e. The quantitative estimate of drug-likeness (QED) is 0.889. The number of aromatic amines is 1. The lowest BCUT2D eigenvalue weighted by atomic mass is 10.3. The molecule has 0 aliphatic rings. The highest BCUT2D eigenvalue weighted by Crippen LogP contribution is 2.29. The summed E-state index contributed by atoms with van der Waals surface area (Å²) in [5, 5.41) is 8.83. The Hall–Kier alpha value is -2.22. The fraction of sp³-hybridized carbons (Fsp3) is 0.250. The zero-order valence-electron chi connectivity index (χ0n) is 10.9. The summed E-state index contributed by atoms with van der Waals surface area (Å²) >= 11 is 5.78. The highest BCUT2D eigenvalue weighted by Gasteiger charge is 2.14. The molecule has 2 N–H and O–H groups in total. The molecule has 0 unspecified atom stereocenters. The molecule has 6 nitrogen and oxygen atoms in total. The molecule has 9 heteroatoms. The van der Waals surface area contributed by atoms with Crippen molar-refractivity contribution in [3.63, 3.8) is 0 Å². The van der Waals surface area contributed by atoms with Crippen molar-refractivity contribution in [3.8, 4) is 5.75 Å². The maximum Gasteiger partial charge on any atom is 0.387 e. The molecule has 0 spiro atoms. The van der Waals surface area contributed by atoms with Crippen molar-refractivity contribution in [2.75, 3.05) is 5.32 Å². The van der Waals surface area contributed by atoms with Gasteiger partial charge in [0.25, 0.3) is 5.91 Å². The largest absolute Gasteiger partial charge is 0.433 e. The third kappa shape index (κ3) is 3.88. The minimum absolute atomic E-state index is 0.0177. The van der Waals surface area contributed by atoms with Crippen LogP contribution < -0.4 is 10.1 Å². The predicted molar refractivity (Wildman–Crippen MR) is 71.8 cm³/mol. The second kappa shape index (κ2) is 6.49. The molecular weight excluding hydrogens is 306 g/mol. The lowest BCUT2D eigenvalue weighted by molar-refractivity contribution is -0.0497. The number of alkyl halides is 2. The van der Waals surface area contributed by atoms with Crippen molar-refractivity contribution in [2.24, 2.45) is 0 Å². The second-order valence-electron chi connectivity index (χ2n) is 3.94. The number of hydrogen-bond donors (Lipinski definition) is 2. The number of amides is 1. The Morgan fingerprint density at radius 2 is 2.29 bits per heavy atom. The molecule has 21 heavy (non-hydrogen) atoms. The number of hydrogen-bond acceptors (Lipinski definition) is 4. The van der Waals surface area contributed by atoms with Gasteiger partial charge >= 0.3 is 6.61 Å². The first-order valence-corrected chi connectivity index (χ1v) is 6.34. The van der Waals surface area contributed by atoms with Gasteiger partial charge in [-0.25, -0.2) is 4.98 Å². The van der Waals surface area contributed by atoms with Crippen LogP contribution in [0.3, 0.4) is 0 Å². The van der Waals surface area contributed by atoms with Gasteiger partial charge in [-0.2, -0.15) is 8.78 Å². The predicted octanol–water partition coefficient (Wildman–Crippen LogP) is 2.87. The van der Waals surface area contributed by atoms with E-state index in [4.69, 9.17) is 11.6 Å².